The molecule has 4 rings (SSSR count). The lowest BCUT2D eigenvalue weighted by molar-refractivity contribution is 0.0767. The van der Waals surface area contributed by atoms with Crippen LogP contribution in [0.5, 0.6) is 5.75 Å². The van der Waals surface area contributed by atoms with Gasteiger partial charge in [-0.15, -0.1) is 0 Å². The Morgan fingerprint density at radius 1 is 0.941 bits per heavy atom. The zero-order valence-corrected chi connectivity index (χ0v) is 20.3. The summed E-state index contributed by atoms with van der Waals surface area (Å²) in [7, 11) is 3.91. The topological polar surface area (TPSA) is 70.2 Å². The zero-order chi connectivity index (χ0) is 24.2. The first-order valence-electron chi connectivity index (χ1n) is 12.1. The van der Waals surface area contributed by atoms with Gasteiger partial charge in [0.15, 0.2) is 0 Å². The minimum absolute atomic E-state index is 0.153. The second-order valence-corrected chi connectivity index (χ2v) is 9.13. The van der Waals surface area contributed by atoms with Gasteiger partial charge in [-0.2, -0.15) is 0 Å². The molecule has 7 nitrogen and oxygen atoms in total. The van der Waals surface area contributed by atoms with Crippen LogP contribution in [0.25, 0.3) is 0 Å². The van der Waals surface area contributed by atoms with Crippen molar-refractivity contribution in [1.82, 2.24) is 9.80 Å². The van der Waals surface area contributed by atoms with E-state index in [1.54, 1.807) is 54.4 Å². The van der Waals surface area contributed by atoms with E-state index < -0.39 is 5.91 Å². The SMILES string of the molecule is CCOc1ccc(N2C(=O)c3ccc(C(=O)N(C)CCN(C)C4CCCCC4)cc3C2=O)cc1. The van der Waals surface area contributed by atoms with Crippen LogP contribution in [0.15, 0.2) is 42.5 Å². The Morgan fingerprint density at radius 2 is 1.62 bits per heavy atom. The van der Waals surface area contributed by atoms with Crippen LogP contribution in [-0.2, 0) is 0 Å². The Labute approximate surface area is 201 Å². The number of carbonyl (C=O) groups is 3. The number of anilines is 1. The normalized spacial score (nSPS) is 16.2. The summed E-state index contributed by atoms with van der Waals surface area (Å²) >= 11 is 0. The van der Waals surface area contributed by atoms with E-state index >= 15 is 0 Å². The van der Waals surface area contributed by atoms with Crippen LogP contribution in [0, 0.1) is 0 Å². The van der Waals surface area contributed by atoms with E-state index in [4.69, 9.17) is 4.74 Å². The maximum atomic E-state index is 13.1. The molecule has 2 aromatic rings. The molecule has 1 aliphatic heterocycles. The number of fused-ring (bicyclic) bond motifs is 1. The first kappa shape index (κ1) is 24.0. The van der Waals surface area contributed by atoms with Crippen molar-refractivity contribution in [2.24, 2.45) is 0 Å². The van der Waals surface area contributed by atoms with Crippen LogP contribution < -0.4 is 9.64 Å². The van der Waals surface area contributed by atoms with Gasteiger partial charge in [-0.3, -0.25) is 14.4 Å². The number of carbonyl (C=O) groups excluding carboxylic acids is 3. The Kier molecular flexibility index (Phi) is 7.32. The number of hydrogen-bond donors (Lipinski definition) is 0. The van der Waals surface area contributed by atoms with Gasteiger partial charge in [0.25, 0.3) is 17.7 Å². The highest BCUT2D eigenvalue weighted by atomic mass is 16.5. The van der Waals surface area contributed by atoms with Crippen molar-refractivity contribution >= 4 is 23.4 Å². The van der Waals surface area contributed by atoms with Crippen LogP contribution in [0.1, 0.15) is 70.1 Å². The summed E-state index contributed by atoms with van der Waals surface area (Å²) in [5.41, 5.74) is 1.47. The van der Waals surface area contributed by atoms with Gasteiger partial charge in [-0.05, 0) is 69.3 Å². The van der Waals surface area contributed by atoms with Crippen molar-refractivity contribution in [2.45, 2.75) is 45.1 Å². The number of ether oxygens (including phenoxy) is 1. The summed E-state index contributed by atoms with van der Waals surface area (Å²) in [5.74, 6) is -0.281. The van der Waals surface area contributed by atoms with E-state index in [-0.39, 0.29) is 17.4 Å². The molecule has 0 saturated heterocycles. The van der Waals surface area contributed by atoms with Crippen molar-refractivity contribution in [3.05, 3.63) is 59.2 Å². The molecule has 1 heterocycles. The number of rotatable bonds is 8. The molecule has 0 N–H and O–H groups in total. The van der Waals surface area contributed by atoms with Gasteiger partial charge < -0.3 is 14.5 Å². The van der Waals surface area contributed by atoms with Crippen LogP contribution in [-0.4, -0.2) is 67.4 Å². The van der Waals surface area contributed by atoms with Crippen molar-refractivity contribution in [3.8, 4) is 5.75 Å². The summed E-state index contributed by atoms with van der Waals surface area (Å²) < 4.78 is 5.44. The minimum Gasteiger partial charge on any atom is -0.494 e. The molecular weight excluding hydrogens is 430 g/mol. The van der Waals surface area contributed by atoms with Gasteiger partial charge in [0.05, 0.1) is 23.4 Å². The molecule has 7 heteroatoms. The minimum atomic E-state index is -0.418. The lowest BCUT2D eigenvalue weighted by atomic mass is 9.94. The van der Waals surface area contributed by atoms with Gasteiger partial charge in [-0.1, -0.05) is 19.3 Å². The van der Waals surface area contributed by atoms with Crippen LogP contribution in [0.3, 0.4) is 0 Å². The molecule has 180 valence electrons. The fourth-order valence-corrected chi connectivity index (χ4v) is 4.80. The number of amides is 3. The van der Waals surface area contributed by atoms with Crippen molar-refractivity contribution < 1.29 is 19.1 Å². The molecule has 1 saturated carbocycles. The summed E-state index contributed by atoms with van der Waals surface area (Å²) in [5, 5.41) is 0. The van der Waals surface area contributed by atoms with Crippen LogP contribution in [0.2, 0.25) is 0 Å². The quantitative estimate of drug-likeness (QED) is 0.548. The Bertz CT molecular complexity index is 1060. The van der Waals surface area contributed by atoms with E-state index in [1.165, 1.54) is 32.1 Å². The average Bonchev–Trinajstić information content (AvgIpc) is 3.12. The predicted octanol–water partition coefficient (Wildman–Crippen LogP) is 4.22. The average molecular weight is 464 g/mol. The molecule has 0 spiro atoms. The zero-order valence-electron chi connectivity index (χ0n) is 20.3. The van der Waals surface area contributed by atoms with Crippen molar-refractivity contribution in [1.29, 1.82) is 0 Å². The van der Waals surface area contributed by atoms with Crippen LogP contribution in [0.4, 0.5) is 5.69 Å². The van der Waals surface area contributed by atoms with E-state index in [0.29, 0.717) is 41.8 Å². The fourth-order valence-electron chi connectivity index (χ4n) is 4.80. The smallest absolute Gasteiger partial charge is 0.266 e. The lowest BCUT2D eigenvalue weighted by Gasteiger charge is -2.32. The van der Waals surface area contributed by atoms with E-state index in [2.05, 4.69) is 11.9 Å². The molecule has 0 atom stereocenters. The second kappa shape index (κ2) is 10.4. The third-order valence-electron chi connectivity index (χ3n) is 6.87. The third-order valence-corrected chi connectivity index (χ3v) is 6.87. The fraction of sp³-hybridized carbons (Fsp3) is 0.444. The first-order valence-corrected chi connectivity index (χ1v) is 12.1. The highest BCUT2D eigenvalue weighted by Gasteiger charge is 2.37. The number of hydrogen-bond acceptors (Lipinski definition) is 5. The van der Waals surface area contributed by atoms with Crippen LogP contribution >= 0.6 is 0 Å². The maximum absolute atomic E-state index is 13.1. The summed E-state index contributed by atoms with van der Waals surface area (Å²) in [4.78, 5) is 44.3. The third kappa shape index (κ3) is 4.85. The molecule has 1 aliphatic carbocycles. The molecule has 2 aromatic carbocycles. The second-order valence-electron chi connectivity index (χ2n) is 9.13. The summed E-state index contributed by atoms with van der Waals surface area (Å²) in [6.07, 6.45) is 6.32. The summed E-state index contributed by atoms with van der Waals surface area (Å²) in [6, 6.07) is 12.2. The molecule has 2 aliphatic rings. The van der Waals surface area contributed by atoms with Gasteiger partial charge in [-0.25, -0.2) is 4.90 Å². The lowest BCUT2D eigenvalue weighted by Crippen LogP contribution is -2.40. The Balaban J connectivity index is 1.44. The Morgan fingerprint density at radius 3 is 2.29 bits per heavy atom. The standard InChI is InChI=1S/C27H33N3O4/c1-4-34-22-13-11-21(12-14-22)30-26(32)23-15-10-19(18-24(23)27(30)33)25(31)29(3)17-16-28(2)20-8-6-5-7-9-20/h10-15,18,20H,4-9,16-17H2,1-3H3. The molecular formula is C27H33N3O4. The van der Waals surface area contributed by atoms with Crippen molar-refractivity contribution in [3.63, 3.8) is 0 Å². The van der Waals surface area contributed by atoms with Gasteiger partial charge in [0.1, 0.15) is 5.75 Å². The van der Waals surface area contributed by atoms with E-state index in [1.807, 2.05) is 6.92 Å². The highest BCUT2D eigenvalue weighted by molar-refractivity contribution is 6.34. The largest absolute Gasteiger partial charge is 0.494 e. The van der Waals surface area contributed by atoms with E-state index in [0.717, 1.165) is 11.4 Å². The molecule has 1 fully saturated rings. The Hall–Kier alpha value is -3.19. The number of nitrogens with zero attached hydrogens (tertiary/aromatic N) is 3. The van der Waals surface area contributed by atoms with E-state index in [9.17, 15) is 14.4 Å². The highest BCUT2D eigenvalue weighted by Crippen LogP contribution is 2.30. The molecule has 0 aromatic heterocycles. The number of likely N-dealkylation sites (N-methyl/N-ethyl adjacent to an activating group) is 2. The maximum Gasteiger partial charge on any atom is 0.266 e. The molecule has 0 unspecified atom stereocenters. The molecule has 34 heavy (non-hydrogen) atoms. The first-order chi connectivity index (χ1) is 16.4. The number of benzene rings is 2. The van der Waals surface area contributed by atoms with Gasteiger partial charge in [0.2, 0.25) is 0 Å². The van der Waals surface area contributed by atoms with Crippen molar-refractivity contribution in [2.75, 3.05) is 38.7 Å². The monoisotopic (exact) mass is 463 g/mol. The number of imide groups is 1. The van der Waals surface area contributed by atoms with Gasteiger partial charge in [0, 0.05) is 31.7 Å². The molecule has 0 radical (unpaired) electrons. The molecule has 3 amide bonds. The predicted molar refractivity (Wildman–Crippen MR) is 132 cm³/mol. The van der Waals surface area contributed by atoms with Gasteiger partial charge >= 0.3 is 0 Å². The molecule has 0 bridgehead atoms. The summed E-state index contributed by atoms with van der Waals surface area (Å²) in [6.45, 7) is 3.84.